The molecule has 0 fully saturated rings. The number of alkyl halides is 3. The minimum absolute atomic E-state index is 0.0788. The predicted octanol–water partition coefficient (Wildman–Crippen LogP) is 3.67. The highest BCUT2D eigenvalue weighted by atomic mass is 79.9. The zero-order valence-corrected chi connectivity index (χ0v) is 17.5. The molecule has 2 aliphatic heterocycles. The smallest absolute Gasteiger partial charge is 0.416 e. The SMILES string of the molecule is COC(=O)C12COc3cc(C(F)(F)F)ccc3C1=NN(C(=O)Nc1ccc(Br)cn1)C2. The van der Waals surface area contributed by atoms with E-state index in [-0.39, 0.29) is 36.0 Å². The highest BCUT2D eigenvalue weighted by Crippen LogP contribution is 2.43. The molecule has 0 saturated heterocycles. The number of urea groups is 1. The van der Waals surface area contributed by atoms with Crippen LogP contribution in [0.5, 0.6) is 5.75 Å². The number of ether oxygens (including phenoxy) is 2. The van der Waals surface area contributed by atoms with E-state index in [9.17, 15) is 22.8 Å². The molecular weight excluding hydrogens is 485 g/mol. The van der Waals surface area contributed by atoms with Crippen LogP contribution < -0.4 is 10.1 Å². The van der Waals surface area contributed by atoms with Gasteiger partial charge in [-0.2, -0.15) is 18.3 Å². The number of hydrogen-bond acceptors (Lipinski definition) is 6. The summed E-state index contributed by atoms with van der Waals surface area (Å²) < 4.78 is 50.3. The zero-order valence-electron chi connectivity index (χ0n) is 15.9. The van der Waals surface area contributed by atoms with E-state index in [0.29, 0.717) is 0 Å². The number of anilines is 1. The lowest BCUT2D eigenvalue weighted by molar-refractivity contribution is -0.150. The Morgan fingerprint density at radius 3 is 2.71 bits per heavy atom. The molecule has 0 spiro atoms. The Hall–Kier alpha value is -3.15. The third kappa shape index (κ3) is 3.71. The van der Waals surface area contributed by atoms with Crippen molar-refractivity contribution in [3.63, 3.8) is 0 Å². The molecule has 2 aliphatic rings. The number of nitrogens with zero attached hydrogens (tertiary/aromatic N) is 3. The highest BCUT2D eigenvalue weighted by molar-refractivity contribution is 9.10. The fourth-order valence-corrected chi connectivity index (χ4v) is 3.61. The number of nitrogens with one attached hydrogen (secondary N) is 1. The summed E-state index contributed by atoms with van der Waals surface area (Å²) in [6.45, 7) is -0.537. The number of rotatable bonds is 2. The van der Waals surface area contributed by atoms with Gasteiger partial charge in [-0.25, -0.2) is 14.8 Å². The standard InChI is InChI=1S/C19H14BrF3N4O4/c1-30-16(28)18-8-27(17(29)25-14-5-3-11(20)7-24-14)26-15(18)12-4-2-10(19(21,22)23)6-13(12)31-9-18/h2-7H,8-9H2,1H3,(H,24,25,29). The van der Waals surface area contributed by atoms with Crippen molar-refractivity contribution in [2.75, 3.05) is 25.6 Å². The molecule has 31 heavy (non-hydrogen) atoms. The fourth-order valence-electron chi connectivity index (χ4n) is 3.38. The molecule has 1 aromatic heterocycles. The van der Waals surface area contributed by atoms with Crippen LogP contribution in [0.3, 0.4) is 0 Å². The number of carbonyl (C=O) groups excluding carboxylic acids is 2. The average Bonchev–Trinajstić information content (AvgIpc) is 3.15. The van der Waals surface area contributed by atoms with Gasteiger partial charge in [-0.05, 0) is 46.3 Å². The molecule has 2 aromatic rings. The van der Waals surface area contributed by atoms with Crippen LogP contribution in [-0.2, 0) is 15.7 Å². The first kappa shape index (κ1) is 21.1. The molecule has 12 heteroatoms. The van der Waals surface area contributed by atoms with Crippen LogP contribution >= 0.6 is 15.9 Å². The van der Waals surface area contributed by atoms with Crippen molar-refractivity contribution in [3.05, 3.63) is 52.1 Å². The van der Waals surface area contributed by atoms with E-state index in [2.05, 4.69) is 31.3 Å². The molecule has 0 bridgehead atoms. The minimum atomic E-state index is -4.56. The van der Waals surface area contributed by atoms with Crippen LogP contribution in [0.25, 0.3) is 0 Å². The summed E-state index contributed by atoms with van der Waals surface area (Å²) in [6, 6.07) is 5.45. The number of aromatic nitrogens is 1. The molecule has 8 nitrogen and oxygen atoms in total. The maximum Gasteiger partial charge on any atom is 0.416 e. The monoisotopic (exact) mass is 498 g/mol. The van der Waals surface area contributed by atoms with Crippen molar-refractivity contribution in [1.82, 2.24) is 9.99 Å². The second-order valence-electron chi connectivity index (χ2n) is 6.87. The van der Waals surface area contributed by atoms with Crippen molar-refractivity contribution < 1.29 is 32.2 Å². The Morgan fingerprint density at radius 2 is 2.06 bits per heavy atom. The van der Waals surface area contributed by atoms with E-state index in [0.717, 1.165) is 21.6 Å². The number of hydrazone groups is 1. The van der Waals surface area contributed by atoms with Crippen molar-refractivity contribution in [2.45, 2.75) is 6.18 Å². The number of carbonyl (C=O) groups is 2. The largest absolute Gasteiger partial charge is 0.491 e. The predicted molar refractivity (Wildman–Crippen MR) is 106 cm³/mol. The Labute approximate surface area is 182 Å². The molecule has 1 unspecified atom stereocenters. The molecule has 1 N–H and O–H groups in total. The number of amides is 2. The summed E-state index contributed by atoms with van der Waals surface area (Å²) in [5, 5.41) is 7.80. The van der Waals surface area contributed by atoms with Crippen molar-refractivity contribution in [3.8, 4) is 5.75 Å². The van der Waals surface area contributed by atoms with Gasteiger partial charge in [0.15, 0.2) is 5.41 Å². The van der Waals surface area contributed by atoms with Crippen molar-refractivity contribution in [1.29, 1.82) is 0 Å². The molecule has 4 rings (SSSR count). The zero-order chi connectivity index (χ0) is 22.4. The molecule has 162 valence electrons. The third-order valence-corrected chi connectivity index (χ3v) is 5.37. The molecule has 0 radical (unpaired) electrons. The highest BCUT2D eigenvalue weighted by Gasteiger charge is 2.56. The third-order valence-electron chi connectivity index (χ3n) is 4.90. The number of halogens is 4. The summed E-state index contributed by atoms with van der Waals surface area (Å²) in [6.07, 6.45) is -3.07. The van der Waals surface area contributed by atoms with E-state index in [1.54, 1.807) is 12.1 Å². The number of fused-ring (bicyclic) bond motifs is 3. The molecule has 0 saturated carbocycles. The summed E-state index contributed by atoms with van der Waals surface area (Å²) in [4.78, 5) is 29.4. The summed E-state index contributed by atoms with van der Waals surface area (Å²) in [5.41, 5.74) is -2.08. The molecular formula is C19H14BrF3N4O4. The Morgan fingerprint density at radius 1 is 1.29 bits per heavy atom. The molecule has 1 aromatic carbocycles. The Kier molecular flexibility index (Phi) is 5.12. The quantitative estimate of drug-likeness (QED) is 0.637. The normalized spacial score (nSPS) is 19.6. The molecule has 1 atom stereocenters. The molecule has 0 aliphatic carbocycles. The van der Waals surface area contributed by atoms with Crippen LogP contribution in [0.4, 0.5) is 23.8 Å². The van der Waals surface area contributed by atoms with Gasteiger partial charge in [-0.3, -0.25) is 10.1 Å². The van der Waals surface area contributed by atoms with Gasteiger partial charge in [-0.1, -0.05) is 0 Å². The van der Waals surface area contributed by atoms with Gasteiger partial charge in [-0.15, -0.1) is 0 Å². The van der Waals surface area contributed by atoms with Gasteiger partial charge in [0, 0.05) is 16.2 Å². The van der Waals surface area contributed by atoms with Crippen LogP contribution in [0.2, 0.25) is 0 Å². The van der Waals surface area contributed by atoms with E-state index in [1.165, 1.54) is 19.4 Å². The van der Waals surface area contributed by atoms with Gasteiger partial charge in [0.2, 0.25) is 0 Å². The van der Waals surface area contributed by atoms with E-state index < -0.39 is 29.2 Å². The topological polar surface area (TPSA) is 93.1 Å². The maximum atomic E-state index is 13.1. The van der Waals surface area contributed by atoms with E-state index in [1.807, 2.05) is 0 Å². The van der Waals surface area contributed by atoms with Crippen LogP contribution in [0.15, 0.2) is 46.1 Å². The lowest BCUT2D eigenvalue weighted by Crippen LogP contribution is -2.50. The van der Waals surface area contributed by atoms with E-state index >= 15 is 0 Å². The number of pyridine rings is 1. The molecule has 2 amide bonds. The Balaban J connectivity index is 1.70. The van der Waals surface area contributed by atoms with Crippen LogP contribution in [0.1, 0.15) is 11.1 Å². The lowest BCUT2D eigenvalue weighted by Gasteiger charge is -2.32. The van der Waals surface area contributed by atoms with Crippen molar-refractivity contribution in [2.24, 2.45) is 10.5 Å². The van der Waals surface area contributed by atoms with Gasteiger partial charge >= 0.3 is 18.2 Å². The Bertz CT molecular complexity index is 1090. The first-order valence-corrected chi connectivity index (χ1v) is 9.65. The van der Waals surface area contributed by atoms with Crippen LogP contribution in [-0.4, -0.2) is 48.0 Å². The maximum absolute atomic E-state index is 13.1. The summed E-state index contributed by atoms with van der Waals surface area (Å²) in [5.74, 6) is -0.541. The molecule has 3 heterocycles. The van der Waals surface area contributed by atoms with Gasteiger partial charge < -0.3 is 9.47 Å². The average molecular weight is 499 g/mol. The number of hydrogen-bond donors (Lipinski definition) is 1. The number of benzene rings is 1. The van der Waals surface area contributed by atoms with Crippen molar-refractivity contribution >= 4 is 39.5 Å². The number of methoxy groups -OCH3 is 1. The van der Waals surface area contributed by atoms with Gasteiger partial charge in [0.1, 0.15) is 18.2 Å². The van der Waals surface area contributed by atoms with Gasteiger partial charge in [0.25, 0.3) is 0 Å². The van der Waals surface area contributed by atoms with E-state index in [4.69, 9.17) is 9.47 Å². The first-order chi connectivity index (χ1) is 14.6. The van der Waals surface area contributed by atoms with Crippen LogP contribution in [0, 0.1) is 5.41 Å². The summed E-state index contributed by atoms with van der Waals surface area (Å²) in [7, 11) is 1.17. The summed E-state index contributed by atoms with van der Waals surface area (Å²) >= 11 is 3.24. The first-order valence-electron chi connectivity index (χ1n) is 8.86. The second-order valence-corrected chi connectivity index (χ2v) is 7.78. The number of esters is 1. The van der Waals surface area contributed by atoms with Gasteiger partial charge in [0.05, 0.1) is 24.9 Å². The minimum Gasteiger partial charge on any atom is -0.491 e. The lowest BCUT2D eigenvalue weighted by atomic mass is 9.78. The second kappa shape index (κ2) is 7.52. The fraction of sp³-hybridized carbons (Fsp3) is 0.263.